The Balaban J connectivity index is 1.74. The Bertz CT molecular complexity index is 1130. The molecule has 3 heterocycles. The van der Waals surface area contributed by atoms with Gasteiger partial charge in [-0.15, -0.1) is 20.1 Å². The van der Waals surface area contributed by atoms with Gasteiger partial charge in [0.1, 0.15) is 5.76 Å². The minimum absolute atomic E-state index is 0.133. The second kappa shape index (κ2) is 9.51. The van der Waals surface area contributed by atoms with Gasteiger partial charge in [-0.1, -0.05) is 27.7 Å². The Hall–Kier alpha value is -2.22. The lowest BCUT2D eigenvalue weighted by atomic mass is 10.1. The molecule has 0 saturated carbocycles. The van der Waals surface area contributed by atoms with E-state index in [2.05, 4.69) is 33.3 Å². The van der Waals surface area contributed by atoms with E-state index in [1.807, 2.05) is 6.07 Å². The molecule has 0 fully saturated rings. The molecule has 10 nitrogen and oxygen atoms in total. The molecule has 3 rings (SSSR count). The van der Waals surface area contributed by atoms with E-state index in [1.165, 1.54) is 9.69 Å². The zero-order chi connectivity index (χ0) is 22.8. The quantitative estimate of drug-likeness (QED) is 0.521. The SMILES string of the molecule is CCN(CC)S(=O)(=O)c1scc(NC2=NS(=O)N=C2NCc2cc(C(C)C)co2)c1O. The first-order valence-electron chi connectivity index (χ1n) is 9.65. The number of sulfonamides is 1. The maximum absolute atomic E-state index is 12.7. The average molecular weight is 488 g/mol. The maximum atomic E-state index is 12.7. The van der Waals surface area contributed by atoms with E-state index in [9.17, 15) is 17.7 Å². The Morgan fingerprint density at radius 2 is 1.94 bits per heavy atom. The highest BCUT2D eigenvalue weighted by Crippen LogP contribution is 2.39. The highest BCUT2D eigenvalue weighted by molar-refractivity contribution is 7.91. The van der Waals surface area contributed by atoms with E-state index in [4.69, 9.17) is 4.42 Å². The summed E-state index contributed by atoms with van der Waals surface area (Å²) >= 11 is -0.933. The molecule has 0 spiro atoms. The number of furan rings is 1. The summed E-state index contributed by atoms with van der Waals surface area (Å²) in [7, 11) is -3.82. The fourth-order valence-corrected chi connectivity index (χ4v) is 6.31. The molecule has 1 aliphatic heterocycles. The van der Waals surface area contributed by atoms with E-state index in [0.29, 0.717) is 18.2 Å². The van der Waals surface area contributed by atoms with Crippen molar-refractivity contribution < 1.29 is 22.2 Å². The normalized spacial score (nSPS) is 16.6. The molecule has 1 atom stereocenters. The van der Waals surface area contributed by atoms with Crippen LogP contribution in [-0.4, -0.2) is 46.8 Å². The molecule has 2 aromatic heterocycles. The van der Waals surface area contributed by atoms with E-state index in [1.54, 1.807) is 20.1 Å². The third-order valence-electron chi connectivity index (χ3n) is 4.60. The molecule has 0 aliphatic carbocycles. The standard InChI is InChI=1S/C18H25N5O5S3/c1-5-23(6-2)31(26,27)18-15(24)14(10-29-18)20-17-16(21-30(25)22-17)19-8-13-7-12(9-28-13)11(3)4/h7,9-11,24H,5-6,8H2,1-4H3,(H,19,21)(H,20,22). The predicted octanol–water partition coefficient (Wildman–Crippen LogP) is 2.79. The number of thiophene rings is 1. The Labute approximate surface area is 187 Å². The molecule has 13 heteroatoms. The summed E-state index contributed by atoms with van der Waals surface area (Å²) in [6.07, 6.45) is 1.69. The summed E-state index contributed by atoms with van der Waals surface area (Å²) in [6, 6.07) is 1.92. The maximum Gasteiger partial charge on any atom is 0.269 e. The summed E-state index contributed by atoms with van der Waals surface area (Å²) < 4.78 is 51.7. The molecule has 0 aromatic carbocycles. The lowest BCUT2D eigenvalue weighted by Crippen LogP contribution is -2.33. The van der Waals surface area contributed by atoms with Crippen molar-refractivity contribution in [3.63, 3.8) is 0 Å². The van der Waals surface area contributed by atoms with E-state index in [0.717, 1.165) is 16.9 Å². The third kappa shape index (κ3) is 5.00. The highest BCUT2D eigenvalue weighted by Gasteiger charge is 2.30. The van der Waals surface area contributed by atoms with Gasteiger partial charge in [0.2, 0.25) is 0 Å². The van der Waals surface area contributed by atoms with Crippen LogP contribution in [0.15, 0.2) is 35.1 Å². The first-order chi connectivity index (χ1) is 14.7. The number of aromatic hydroxyl groups is 1. The second-order valence-corrected chi connectivity index (χ2v) is 10.8. The second-order valence-electron chi connectivity index (χ2n) is 6.96. The number of hydrogen-bond donors (Lipinski definition) is 3. The minimum Gasteiger partial charge on any atom is -0.504 e. The van der Waals surface area contributed by atoms with Crippen LogP contribution in [-0.2, 0) is 27.7 Å². The molecule has 170 valence electrons. The van der Waals surface area contributed by atoms with E-state index < -0.39 is 26.9 Å². The van der Waals surface area contributed by atoms with Crippen LogP contribution in [0.4, 0.5) is 5.69 Å². The largest absolute Gasteiger partial charge is 0.504 e. The van der Waals surface area contributed by atoms with Gasteiger partial charge in [-0.3, -0.25) is 0 Å². The van der Waals surface area contributed by atoms with Crippen LogP contribution in [0.2, 0.25) is 0 Å². The van der Waals surface area contributed by atoms with Crippen molar-refractivity contribution in [3.05, 3.63) is 29.0 Å². The zero-order valence-electron chi connectivity index (χ0n) is 17.6. The van der Waals surface area contributed by atoms with Gasteiger partial charge in [0.05, 0.1) is 18.5 Å². The Kier molecular flexibility index (Phi) is 7.19. The van der Waals surface area contributed by atoms with Gasteiger partial charge < -0.3 is 20.2 Å². The molecule has 0 radical (unpaired) electrons. The molecule has 0 bridgehead atoms. The fourth-order valence-electron chi connectivity index (χ4n) is 2.84. The van der Waals surface area contributed by atoms with Gasteiger partial charge >= 0.3 is 0 Å². The summed E-state index contributed by atoms with van der Waals surface area (Å²) in [5, 5.41) is 17.8. The van der Waals surface area contributed by atoms with E-state index in [-0.39, 0.29) is 34.7 Å². The number of anilines is 1. The number of amidine groups is 2. The molecule has 2 aromatic rings. The average Bonchev–Trinajstić information content (AvgIpc) is 3.41. The summed E-state index contributed by atoms with van der Waals surface area (Å²) in [6.45, 7) is 8.44. The molecule has 1 aliphatic rings. The van der Waals surface area contributed by atoms with Crippen LogP contribution in [0.5, 0.6) is 5.75 Å². The monoisotopic (exact) mass is 487 g/mol. The lowest BCUT2D eigenvalue weighted by Gasteiger charge is -2.17. The number of nitrogens with one attached hydrogen (secondary N) is 2. The van der Waals surface area contributed by atoms with Gasteiger partial charge in [-0.25, -0.2) is 12.6 Å². The Morgan fingerprint density at radius 1 is 1.26 bits per heavy atom. The highest BCUT2D eigenvalue weighted by atomic mass is 32.2. The molecule has 3 N–H and O–H groups in total. The number of rotatable bonds is 8. The van der Waals surface area contributed by atoms with E-state index >= 15 is 0 Å². The molecule has 1 unspecified atom stereocenters. The smallest absolute Gasteiger partial charge is 0.269 e. The van der Waals surface area contributed by atoms with Crippen LogP contribution in [0.1, 0.15) is 44.9 Å². The van der Waals surface area contributed by atoms with Crippen molar-refractivity contribution >= 4 is 49.9 Å². The number of nitrogens with zero attached hydrogens (tertiary/aromatic N) is 3. The van der Waals surface area contributed by atoms with Crippen molar-refractivity contribution in [2.45, 2.75) is 44.4 Å². The van der Waals surface area contributed by atoms with Crippen molar-refractivity contribution in [2.75, 3.05) is 18.4 Å². The zero-order valence-corrected chi connectivity index (χ0v) is 20.0. The topological polar surface area (TPSA) is 137 Å². The summed E-state index contributed by atoms with van der Waals surface area (Å²) in [4.78, 5) is 0. The van der Waals surface area contributed by atoms with Crippen LogP contribution >= 0.6 is 11.3 Å². The van der Waals surface area contributed by atoms with Crippen molar-refractivity contribution in [3.8, 4) is 5.75 Å². The molecule has 31 heavy (non-hydrogen) atoms. The van der Waals surface area contributed by atoms with Crippen LogP contribution in [0.25, 0.3) is 0 Å². The molecule has 0 amide bonds. The van der Waals surface area contributed by atoms with Crippen molar-refractivity contribution in [1.29, 1.82) is 0 Å². The first kappa shape index (κ1) is 23.4. The van der Waals surface area contributed by atoms with Gasteiger partial charge in [0, 0.05) is 18.5 Å². The fraction of sp³-hybridized carbons (Fsp3) is 0.444. The number of hydrogen-bond acceptors (Lipinski definition) is 8. The van der Waals surface area contributed by atoms with Crippen LogP contribution < -0.4 is 10.6 Å². The molecular weight excluding hydrogens is 462 g/mol. The Morgan fingerprint density at radius 3 is 2.55 bits per heavy atom. The lowest BCUT2D eigenvalue weighted by molar-refractivity contribution is 0.434. The van der Waals surface area contributed by atoms with Crippen LogP contribution in [0, 0.1) is 0 Å². The van der Waals surface area contributed by atoms with Gasteiger partial charge in [-0.2, -0.15) is 4.31 Å². The molecular formula is C18H25N5O5S3. The third-order valence-corrected chi connectivity index (χ3v) is 8.82. The minimum atomic E-state index is -3.82. The van der Waals surface area contributed by atoms with Gasteiger partial charge in [0.25, 0.3) is 21.2 Å². The summed E-state index contributed by atoms with van der Waals surface area (Å²) in [5.74, 6) is 0.947. The van der Waals surface area contributed by atoms with Gasteiger partial charge in [0.15, 0.2) is 21.6 Å². The first-order valence-corrected chi connectivity index (χ1v) is 13.0. The van der Waals surface area contributed by atoms with Crippen LogP contribution in [0.3, 0.4) is 0 Å². The summed E-state index contributed by atoms with van der Waals surface area (Å²) in [5.41, 5.74) is 1.20. The predicted molar refractivity (Wildman–Crippen MR) is 122 cm³/mol. The van der Waals surface area contributed by atoms with Crippen molar-refractivity contribution in [2.24, 2.45) is 8.80 Å². The van der Waals surface area contributed by atoms with Crippen molar-refractivity contribution in [1.82, 2.24) is 9.62 Å². The molecule has 0 saturated heterocycles. The van der Waals surface area contributed by atoms with Gasteiger partial charge in [-0.05, 0) is 17.5 Å².